The Morgan fingerprint density at radius 1 is 1.73 bits per heavy atom. The van der Waals surface area contributed by atoms with Crippen LogP contribution in [0.2, 0.25) is 0 Å². The van der Waals surface area contributed by atoms with Crippen LogP contribution in [0.5, 0.6) is 5.88 Å². The van der Waals surface area contributed by atoms with Crippen LogP contribution in [0.25, 0.3) is 0 Å². The van der Waals surface area contributed by atoms with Crippen LogP contribution >= 0.6 is 0 Å². The number of aromatic nitrogens is 2. The first kappa shape index (κ1) is 7.78. The summed E-state index contributed by atoms with van der Waals surface area (Å²) in [6.07, 6.45) is 3.47. The average Bonchev–Trinajstić information content (AvgIpc) is 2.04. The van der Waals surface area contributed by atoms with Crippen LogP contribution in [0.3, 0.4) is 0 Å². The first-order chi connectivity index (χ1) is 5.33. The van der Waals surface area contributed by atoms with Crippen molar-refractivity contribution < 1.29 is 9.47 Å². The number of rotatable bonds is 3. The normalized spacial score (nSPS) is 9.55. The fraction of sp³-hybridized carbons (Fsp3) is 0.429. The van der Waals surface area contributed by atoms with Gasteiger partial charge >= 0.3 is 5.88 Å². The summed E-state index contributed by atoms with van der Waals surface area (Å²) in [6, 6.07) is 1.54. The lowest BCUT2D eigenvalue weighted by Gasteiger charge is -1.99. The quantitative estimate of drug-likeness (QED) is 0.470. The highest BCUT2D eigenvalue weighted by molar-refractivity contribution is 5.01. The van der Waals surface area contributed by atoms with E-state index in [2.05, 4.69) is 4.98 Å². The van der Waals surface area contributed by atoms with Crippen molar-refractivity contribution in [3.05, 3.63) is 23.8 Å². The van der Waals surface area contributed by atoms with Gasteiger partial charge in [-0.3, -0.25) is 0 Å². The SMILES string of the molecule is CCCOc1cc[n+]([O-])cn1. The standard InChI is InChI=1S/C7H10N2O2/c1-2-5-11-7-3-4-9(10)6-8-7/h3-4,6H,2,5H2,1H3. The van der Waals surface area contributed by atoms with E-state index in [1.165, 1.54) is 12.5 Å². The highest BCUT2D eigenvalue weighted by Gasteiger charge is 1.98. The topological polar surface area (TPSA) is 49.1 Å². The molecule has 0 aliphatic carbocycles. The summed E-state index contributed by atoms with van der Waals surface area (Å²) in [4.78, 5) is 3.74. The summed E-state index contributed by atoms with van der Waals surface area (Å²) in [5, 5.41) is 10.5. The van der Waals surface area contributed by atoms with Gasteiger partial charge in [-0.2, -0.15) is 0 Å². The molecule has 0 radical (unpaired) electrons. The van der Waals surface area contributed by atoms with E-state index in [1.54, 1.807) is 6.07 Å². The van der Waals surface area contributed by atoms with Gasteiger partial charge in [-0.1, -0.05) is 6.92 Å². The molecule has 1 rings (SSSR count). The molecule has 0 atom stereocenters. The highest BCUT2D eigenvalue weighted by Crippen LogP contribution is 2.00. The summed E-state index contributed by atoms with van der Waals surface area (Å²) in [5.41, 5.74) is 0. The van der Waals surface area contributed by atoms with Crippen LogP contribution in [0.1, 0.15) is 13.3 Å². The van der Waals surface area contributed by atoms with Gasteiger partial charge in [0, 0.05) is 0 Å². The molecule has 0 saturated heterocycles. The Morgan fingerprint density at radius 2 is 2.55 bits per heavy atom. The van der Waals surface area contributed by atoms with Gasteiger partial charge in [-0.05, 0) is 11.4 Å². The number of hydrogen-bond donors (Lipinski definition) is 0. The molecule has 4 heteroatoms. The lowest BCUT2D eigenvalue weighted by atomic mass is 10.5. The predicted molar refractivity (Wildman–Crippen MR) is 39.0 cm³/mol. The minimum Gasteiger partial charge on any atom is -0.711 e. The molecule has 1 aromatic rings. The Bertz CT molecular complexity index is 210. The van der Waals surface area contributed by atoms with E-state index < -0.39 is 0 Å². The second-order valence-electron chi connectivity index (χ2n) is 2.11. The van der Waals surface area contributed by atoms with Gasteiger partial charge in [0.25, 0.3) is 6.33 Å². The molecule has 0 spiro atoms. The molecule has 1 aromatic heterocycles. The minimum absolute atomic E-state index is 0.499. The second-order valence-corrected chi connectivity index (χ2v) is 2.11. The van der Waals surface area contributed by atoms with E-state index in [4.69, 9.17) is 4.74 Å². The van der Waals surface area contributed by atoms with E-state index in [0.29, 0.717) is 17.2 Å². The van der Waals surface area contributed by atoms with Gasteiger partial charge in [0.1, 0.15) is 6.20 Å². The lowest BCUT2D eigenvalue weighted by molar-refractivity contribution is -0.608. The number of hydrogen-bond acceptors (Lipinski definition) is 3. The monoisotopic (exact) mass is 154 g/mol. The third kappa shape index (κ3) is 2.41. The van der Waals surface area contributed by atoms with Crippen LogP contribution in [-0.4, -0.2) is 11.6 Å². The maximum Gasteiger partial charge on any atom is 0.331 e. The number of ether oxygens (including phenoxy) is 1. The van der Waals surface area contributed by atoms with Gasteiger partial charge < -0.3 is 9.94 Å². The Labute approximate surface area is 65.0 Å². The fourth-order valence-corrected chi connectivity index (χ4v) is 0.625. The van der Waals surface area contributed by atoms with E-state index in [-0.39, 0.29) is 0 Å². The zero-order chi connectivity index (χ0) is 8.10. The molecule has 0 N–H and O–H groups in total. The van der Waals surface area contributed by atoms with Crippen molar-refractivity contribution in [3.8, 4) is 5.88 Å². The van der Waals surface area contributed by atoms with Crippen LogP contribution in [0.15, 0.2) is 18.6 Å². The average molecular weight is 154 g/mol. The first-order valence-electron chi connectivity index (χ1n) is 3.50. The first-order valence-corrected chi connectivity index (χ1v) is 3.50. The summed E-state index contributed by atoms with van der Waals surface area (Å²) in [5.74, 6) is 0.499. The third-order valence-electron chi connectivity index (χ3n) is 1.12. The molecule has 0 aromatic carbocycles. The van der Waals surface area contributed by atoms with E-state index in [0.717, 1.165) is 6.42 Å². The molecule has 0 bridgehead atoms. The van der Waals surface area contributed by atoms with Gasteiger partial charge in [-0.15, -0.1) is 0 Å². The predicted octanol–water partition coefficient (Wildman–Crippen LogP) is 0.504. The van der Waals surface area contributed by atoms with Crippen molar-refractivity contribution in [1.29, 1.82) is 0 Å². The Balaban J connectivity index is 2.52. The van der Waals surface area contributed by atoms with E-state index in [1.807, 2.05) is 6.92 Å². The van der Waals surface area contributed by atoms with E-state index >= 15 is 0 Å². The van der Waals surface area contributed by atoms with Crippen LogP contribution < -0.4 is 9.47 Å². The molecule has 60 valence electrons. The van der Waals surface area contributed by atoms with Crippen LogP contribution in [-0.2, 0) is 0 Å². The summed E-state index contributed by atoms with van der Waals surface area (Å²) < 4.78 is 5.77. The maximum absolute atomic E-state index is 10.5. The molecule has 0 unspecified atom stereocenters. The van der Waals surface area contributed by atoms with Crippen LogP contribution in [0, 0.1) is 5.21 Å². The van der Waals surface area contributed by atoms with Crippen molar-refractivity contribution in [2.75, 3.05) is 6.61 Å². The summed E-state index contributed by atoms with van der Waals surface area (Å²) >= 11 is 0. The molecular formula is C7H10N2O2. The second kappa shape index (κ2) is 3.75. The van der Waals surface area contributed by atoms with Crippen LogP contribution in [0.4, 0.5) is 0 Å². The van der Waals surface area contributed by atoms with Crippen molar-refractivity contribution in [2.45, 2.75) is 13.3 Å². The van der Waals surface area contributed by atoms with Gasteiger partial charge in [-0.25, -0.2) is 4.73 Å². The van der Waals surface area contributed by atoms with Crippen molar-refractivity contribution in [3.63, 3.8) is 0 Å². The summed E-state index contributed by atoms with van der Waals surface area (Å²) in [6.45, 7) is 2.65. The number of nitrogens with zero attached hydrogens (tertiary/aromatic N) is 2. The molecule has 0 aliphatic heterocycles. The molecule has 1 heterocycles. The molecule has 0 saturated carbocycles. The van der Waals surface area contributed by atoms with Crippen molar-refractivity contribution in [2.24, 2.45) is 0 Å². The molecule has 11 heavy (non-hydrogen) atoms. The maximum atomic E-state index is 10.5. The van der Waals surface area contributed by atoms with Crippen molar-refractivity contribution >= 4 is 0 Å². The zero-order valence-corrected chi connectivity index (χ0v) is 6.36. The Morgan fingerprint density at radius 3 is 3.09 bits per heavy atom. The molecular weight excluding hydrogens is 144 g/mol. The molecule has 0 amide bonds. The lowest BCUT2D eigenvalue weighted by Crippen LogP contribution is -2.24. The Hall–Kier alpha value is -1.32. The van der Waals surface area contributed by atoms with Gasteiger partial charge in [0.2, 0.25) is 0 Å². The fourth-order valence-electron chi connectivity index (χ4n) is 0.625. The minimum atomic E-state index is 0.499. The van der Waals surface area contributed by atoms with E-state index in [9.17, 15) is 5.21 Å². The molecule has 0 fully saturated rings. The van der Waals surface area contributed by atoms with Gasteiger partial charge in [0.05, 0.1) is 12.7 Å². The Kier molecular flexibility index (Phi) is 2.66. The molecule has 4 nitrogen and oxygen atoms in total. The zero-order valence-electron chi connectivity index (χ0n) is 6.36. The van der Waals surface area contributed by atoms with Crippen molar-refractivity contribution in [1.82, 2.24) is 4.98 Å². The highest BCUT2D eigenvalue weighted by atomic mass is 16.5. The van der Waals surface area contributed by atoms with Gasteiger partial charge in [0.15, 0.2) is 0 Å². The molecule has 0 aliphatic rings. The third-order valence-corrected chi connectivity index (χ3v) is 1.12. The summed E-state index contributed by atoms with van der Waals surface area (Å²) in [7, 11) is 0. The smallest absolute Gasteiger partial charge is 0.331 e. The largest absolute Gasteiger partial charge is 0.711 e.